The van der Waals surface area contributed by atoms with Crippen molar-refractivity contribution in [3.05, 3.63) is 0 Å². The van der Waals surface area contributed by atoms with Crippen LogP contribution in [0.25, 0.3) is 0 Å². The molecule has 0 saturated heterocycles. The molecule has 1 amide bonds. The normalized spacial score (nSPS) is 23.2. The number of carbonyl (C=O) groups is 1. The van der Waals surface area contributed by atoms with E-state index in [1.807, 2.05) is 0 Å². The Labute approximate surface area is 91.1 Å². The number of hydrogen-bond donors (Lipinski definition) is 2. The van der Waals surface area contributed by atoms with Crippen LogP contribution in [0.1, 0.15) is 0 Å². The molecule has 0 aliphatic carbocycles. The second-order valence-electron chi connectivity index (χ2n) is 3.18. The summed E-state index contributed by atoms with van der Waals surface area (Å²) in [5, 5.41) is 8.56. The SMILES string of the molecule is NC1=NC(=O)C2N=CN(COCCO)C2=N1. The van der Waals surface area contributed by atoms with E-state index in [1.54, 1.807) is 4.90 Å². The van der Waals surface area contributed by atoms with Crippen LogP contribution in [-0.4, -0.2) is 60.0 Å². The molecule has 0 saturated carbocycles. The summed E-state index contributed by atoms with van der Waals surface area (Å²) in [6.45, 7) is 0.309. The first kappa shape index (κ1) is 10.7. The van der Waals surface area contributed by atoms with Crippen molar-refractivity contribution in [1.82, 2.24) is 4.90 Å². The zero-order valence-electron chi connectivity index (χ0n) is 8.41. The summed E-state index contributed by atoms with van der Waals surface area (Å²) in [7, 11) is 0. The van der Waals surface area contributed by atoms with Crippen LogP contribution in [0.3, 0.4) is 0 Å². The van der Waals surface area contributed by atoms with E-state index in [4.69, 9.17) is 15.6 Å². The standard InChI is InChI=1S/C8H11N5O3/c9-8-11-6-5(7(15)12-8)10-3-13(6)4-16-2-1-14/h3,5,14H,1-2,4H2,(H2,9,12,15). The van der Waals surface area contributed by atoms with E-state index in [0.29, 0.717) is 5.84 Å². The number of nitrogens with two attached hydrogens (primary N) is 1. The molecule has 8 heteroatoms. The van der Waals surface area contributed by atoms with Crippen molar-refractivity contribution in [2.45, 2.75) is 6.04 Å². The number of ether oxygens (including phenoxy) is 1. The second-order valence-corrected chi connectivity index (χ2v) is 3.18. The number of fused-ring (bicyclic) bond motifs is 1. The molecule has 8 nitrogen and oxygen atoms in total. The Bertz CT molecular complexity index is 389. The molecule has 1 atom stereocenters. The average molecular weight is 225 g/mol. The highest BCUT2D eigenvalue weighted by Crippen LogP contribution is 2.13. The van der Waals surface area contributed by atoms with E-state index < -0.39 is 11.9 Å². The van der Waals surface area contributed by atoms with Gasteiger partial charge in [0.2, 0.25) is 5.96 Å². The number of nitrogens with zero attached hydrogens (tertiary/aromatic N) is 4. The number of aliphatic hydroxyl groups excluding tert-OH is 1. The first-order chi connectivity index (χ1) is 7.72. The van der Waals surface area contributed by atoms with E-state index in [1.165, 1.54) is 6.34 Å². The van der Waals surface area contributed by atoms with E-state index in [9.17, 15) is 4.79 Å². The number of hydrogen-bond acceptors (Lipinski definition) is 7. The highest BCUT2D eigenvalue weighted by molar-refractivity contribution is 6.21. The molecular formula is C8H11N5O3. The van der Waals surface area contributed by atoms with Gasteiger partial charge in [-0.3, -0.25) is 14.7 Å². The molecular weight excluding hydrogens is 214 g/mol. The van der Waals surface area contributed by atoms with Crippen LogP contribution >= 0.6 is 0 Å². The van der Waals surface area contributed by atoms with Crippen molar-refractivity contribution < 1.29 is 14.6 Å². The molecule has 0 aromatic heterocycles. The van der Waals surface area contributed by atoms with Gasteiger partial charge in [0.05, 0.1) is 19.6 Å². The van der Waals surface area contributed by atoms with Gasteiger partial charge in [-0.25, -0.2) is 0 Å². The van der Waals surface area contributed by atoms with Gasteiger partial charge in [0.15, 0.2) is 11.9 Å². The van der Waals surface area contributed by atoms with Crippen LogP contribution in [0.5, 0.6) is 0 Å². The van der Waals surface area contributed by atoms with Crippen molar-refractivity contribution >= 4 is 24.0 Å². The summed E-state index contributed by atoms with van der Waals surface area (Å²) in [6, 6.07) is -0.704. The lowest BCUT2D eigenvalue weighted by Crippen LogP contribution is -2.41. The molecule has 86 valence electrons. The lowest BCUT2D eigenvalue weighted by Gasteiger charge is -2.19. The molecule has 1 unspecified atom stereocenters. The lowest BCUT2D eigenvalue weighted by atomic mass is 10.2. The van der Waals surface area contributed by atoms with Crippen LogP contribution in [0.4, 0.5) is 0 Å². The number of amides is 1. The van der Waals surface area contributed by atoms with Gasteiger partial charge in [-0.2, -0.15) is 9.98 Å². The van der Waals surface area contributed by atoms with Crippen LogP contribution in [-0.2, 0) is 9.53 Å². The van der Waals surface area contributed by atoms with Crippen LogP contribution in [0, 0.1) is 0 Å². The van der Waals surface area contributed by atoms with Gasteiger partial charge in [-0.05, 0) is 0 Å². The van der Waals surface area contributed by atoms with Crippen molar-refractivity contribution in [1.29, 1.82) is 0 Å². The quantitative estimate of drug-likeness (QED) is 0.533. The predicted molar refractivity (Wildman–Crippen MR) is 56.1 cm³/mol. The third-order valence-electron chi connectivity index (χ3n) is 2.05. The minimum absolute atomic E-state index is 0.0661. The van der Waals surface area contributed by atoms with Crippen molar-refractivity contribution in [3.63, 3.8) is 0 Å². The topological polar surface area (TPSA) is 113 Å². The maximum atomic E-state index is 11.4. The first-order valence-electron chi connectivity index (χ1n) is 4.67. The third kappa shape index (κ3) is 1.92. The monoisotopic (exact) mass is 225 g/mol. The molecule has 2 heterocycles. The Hall–Kier alpha value is -1.80. The molecule has 0 aromatic carbocycles. The van der Waals surface area contributed by atoms with E-state index in [2.05, 4.69) is 15.0 Å². The van der Waals surface area contributed by atoms with Crippen molar-refractivity contribution in [3.8, 4) is 0 Å². The summed E-state index contributed by atoms with van der Waals surface area (Å²) in [4.78, 5) is 24.3. The molecule has 16 heavy (non-hydrogen) atoms. The molecule has 3 N–H and O–H groups in total. The van der Waals surface area contributed by atoms with E-state index >= 15 is 0 Å². The fraction of sp³-hybridized carbons (Fsp3) is 0.500. The highest BCUT2D eigenvalue weighted by Gasteiger charge is 2.35. The third-order valence-corrected chi connectivity index (χ3v) is 2.05. The van der Waals surface area contributed by atoms with Crippen molar-refractivity contribution in [2.24, 2.45) is 20.7 Å². The molecule has 0 bridgehead atoms. The van der Waals surface area contributed by atoms with Crippen molar-refractivity contribution in [2.75, 3.05) is 19.9 Å². The number of guanidine groups is 1. The van der Waals surface area contributed by atoms with Crippen LogP contribution < -0.4 is 5.73 Å². The summed E-state index contributed by atoms with van der Waals surface area (Å²) < 4.78 is 5.10. The number of rotatable bonds is 4. The summed E-state index contributed by atoms with van der Waals surface area (Å²) in [5.41, 5.74) is 5.38. The minimum Gasteiger partial charge on any atom is -0.394 e. The molecule has 2 aliphatic rings. The average Bonchev–Trinajstić information content (AvgIpc) is 2.62. The number of aliphatic imine (C=N–C) groups is 3. The number of aliphatic hydroxyl groups is 1. The van der Waals surface area contributed by atoms with E-state index in [-0.39, 0.29) is 25.9 Å². The van der Waals surface area contributed by atoms with Gasteiger partial charge in [0.1, 0.15) is 6.73 Å². The Morgan fingerprint density at radius 2 is 2.38 bits per heavy atom. The maximum Gasteiger partial charge on any atom is 0.281 e. The van der Waals surface area contributed by atoms with Gasteiger partial charge < -0.3 is 15.6 Å². The Balaban J connectivity index is 2.05. The van der Waals surface area contributed by atoms with Crippen LogP contribution in [0.15, 0.2) is 15.0 Å². The minimum atomic E-state index is -0.704. The van der Waals surface area contributed by atoms with Crippen LogP contribution in [0.2, 0.25) is 0 Å². The summed E-state index contributed by atoms with van der Waals surface area (Å²) in [6.07, 6.45) is 1.45. The Kier molecular flexibility index (Phi) is 2.93. The fourth-order valence-electron chi connectivity index (χ4n) is 1.37. The summed E-state index contributed by atoms with van der Waals surface area (Å²) in [5.74, 6) is -0.0900. The van der Waals surface area contributed by atoms with Gasteiger partial charge in [-0.1, -0.05) is 0 Å². The Morgan fingerprint density at radius 3 is 3.12 bits per heavy atom. The molecule has 0 spiro atoms. The largest absolute Gasteiger partial charge is 0.394 e. The smallest absolute Gasteiger partial charge is 0.281 e. The van der Waals surface area contributed by atoms with Gasteiger partial charge in [0.25, 0.3) is 5.91 Å². The maximum absolute atomic E-state index is 11.4. The molecule has 0 radical (unpaired) electrons. The summed E-state index contributed by atoms with van der Waals surface area (Å²) >= 11 is 0. The predicted octanol–water partition coefficient (Wildman–Crippen LogP) is -2.08. The molecule has 0 aromatic rings. The lowest BCUT2D eigenvalue weighted by molar-refractivity contribution is -0.117. The Morgan fingerprint density at radius 1 is 1.56 bits per heavy atom. The zero-order chi connectivity index (χ0) is 11.5. The van der Waals surface area contributed by atoms with Gasteiger partial charge >= 0.3 is 0 Å². The van der Waals surface area contributed by atoms with Gasteiger partial charge in [-0.15, -0.1) is 0 Å². The number of amidine groups is 1. The molecule has 2 aliphatic heterocycles. The fourth-order valence-corrected chi connectivity index (χ4v) is 1.37. The highest BCUT2D eigenvalue weighted by atomic mass is 16.5. The second kappa shape index (κ2) is 4.37. The van der Waals surface area contributed by atoms with E-state index in [0.717, 1.165) is 0 Å². The first-order valence-corrected chi connectivity index (χ1v) is 4.67. The zero-order valence-corrected chi connectivity index (χ0v) is 8.41. The number of carbonyl (C=O) groups excluding carboxylic acids is 1. The van der Waals surface area contributed by atoms with Gasteiger partial charge in [0, 0.05) is 0 Å². The molecule has 2 rings (SSSR count). The molecule has 0 fully saturated rings.